The van der Waals surface area contributed by atoms with E-state index in [0.717, 1.165) is 12.0 Å². The van der Waals surface area contributed by atoms with Gasteiger partial charge < -0.3 is 10.2 Å². The first-order valence-corrected chi connectivity index (χ1v) is 7.54. The van der Waals surface area contributed by atoms with E-state index >= 15 is 0 Å². The molecule has 2 nitrogen and oxygen atoms in total. The smallest absolute Gasteiger partial charge is 0.00947 e. The highest BCUT2D eigenvalue weighted by molar-refractivity contribution is 4.77. The standard InChI is InChI=1S/C15H32N2/c1-5-14(16-3)9-7-11-17(4)15-10-6-8-13(2)12-15/h13-16H,5-12H2,1-4H3. The Balaban J connectivity index is 2.17. The maximum atomic E-state index is 3.39. The van der Waals surface area contributed by atoms with Crippen LogP contribution in [-0.4, -0.2) is 37.6 Å². The summed E-state index contributed by atoms with van der Waals surface area (Å²) in [7, 11) is 4.41. The fourth-order valence-electron chi connectivity index (χ4n) is 3.12. The van der Waals surface area contributed by atoms with Crippen molar-refractivity contribution in [3.8, 4) is 0 Å². The molecule has 1 N–H and O–H groups in total. The molecule has 2 heteroatoms. The Bertz CT molecular complexity index is 189. The van der Waals surface area contributed by atoms with Gasteiger partial charge >= 0.3 is 0 Å². The highest BCUT2D eigenvalue weighted by Crippen LogP contribution is 2.26. The molecule has 1 rings (SSSR count). The summed E-state index contributed by atoms with van der Waals surface area (Å²) in [4.78, 5) is 2.61. The van der Waals surface area contributed by atoms with Crippen molar-refractivity contribution in [3.05, 3.63) is 0 Å². The van der Waals surface area contributed by atoms with Gasteiger partial charge in [0.1, 0.15) is 0 Å². The van der Waals surface area contributed by atoms with E-state index in [1.807, 2.05) is 0 Å². The average molecular weight is 240 g/mol. The van der Waals surface area contributed by atoms with Crippen LogP contribution in [0.15, 0.2) is 0 Å². The first-order chi connectivity index (χ1) is 8.17. The first kappa shape index (κ1) is 15.0. The molecule has 0 aromatic heterocycles. The molecule has 17 heavy (non-hydrogen) atoms. The summed E-state index contributed by atoms with van der Waals surface area (Å²) in [5.74, 6) is 0.942. The molecule has 102 valence electrons. The summed E-state index contributed by atoms with van der Waals surface area (Å²) in [5.41, 5.74) is 0. The summed E-state index contributed by atoms with van der Waals surface area (Å²) < 4.78 is 0. The third-order valence-electron chi connectivity index (χ3n) is 4.50. The van der Waals surface area contributed by atoms with Crippen LogP contribution in [0.5, 0.6) is 0 Å². The highest BCUT2D eigenvalue weighted by atomic mass is 15.1. The van der Waals surface area contributed by atoms with Crippen molar-refractivity contribution in [2.24, 2.45) is 5.92 Å². The normalized spacial score (nSPS) is 27.4. The number of nitrogens with one attached hydrogen (secondary N) is 1. The SMILES string of the molecule is CCC(CCCN(C)C1CCCC(C)C1)NC. The number of rotatable bonds is 7. The first-order valence-electron chi connectivity index (χ1n) is 7.54. The van der Waals surface area contributed by atoms with Gasteiger partial charge in [0.05, 0.1) is 0 Å². The molecule has 0 aliphatic heterocycles. The van der Waals surface area contributed by atoms with Crippen LogP contribution in [0.3, 0.4) is 0 Å². The van der Waals surface area contributed by atoms with Crippen LogP contribution in [0.4, 0.5) is 0 Å². The molecule has 0 saturated heterocycles. The zero-order valence-electron chi connectivity index (χ0n) is 12.3. The van der Waals surface area contributed by atoms with E-state index in [-0.39, 0.29) is 0 Å². The Morgan fingerprint density at radius 3 is 2.71 bits per heavy atom. The van der Waals surface area contributed by atoms with Crippen LogP contribution < -0.4 is 5.32 Å². The summed E-state index contributed by atoms with van der Waals surface area (Å²) in [6.45, 7) is 5.96. The van der Waals surface area contributed by atoms with Gasteiger partial charge in [-0.1, -0.05) is 26.7 Å². The minimum Gasteiger partial charge on any atom is -0.317 e. The molecule has 3 unspecified atom stereocenters. The van der Waals surface area contributed by atoms with Crippen molar-refractivity contribution < 1.29 is 0 Å². The van der Waals surface area contributed by atoms with Crippen LogP contribution in [0, 0.1) is 5.92 Å². The maximum Gasteiger partial charge on any atom is 0.00947 e. The third kappa shape index (κ3) is 5.39. The second kappa shape index (κ2) is 8.10. The van der Waals surface area contributed by atoms with Crippen molar-refractivity contribution in [1.29, 1.82) is 0 Å². The van der Waals surface area contributed by atoms with E-state index in [2.05, 4.69) is 38.2 Å². The van der Waals surface area contributed by atoms with Crippen molar-refractivity contribution in [2.45, 2.75) is 70.9 Å². The van der Waals surface area contributed by atoms with E-state index in [4.69, 9.17) is 0 Å². The highest BCUT2D eigenvalue weighted by Gasteiger charge is 2.21. The zero-order chi connectivity index (χ0) is 12.7. The van der Waals surface area contributed by atoms with Crippen molar-refractivity contribution in [2.75, 3.05) is 20.6 Å². The lowest BCUT2D eigenvalue weighted by molar-refractivity contribution is 0.160. The van der Waals surface area contributed by atoms with Gasteiger partial charge in [0.2, 0.25) is 0 Å². The second-order valence-electron chi connectivity index (χ2n) is 5.94. The lowest BCUT2D eigenvalue weighted by Gasteiger charge is -2.34. The fraction of sp³-hybridized carbons (Fsp3) is 1.00. The number of nitrogens with zero attached hydrogens (tertiary/aromatic N) is 1. The molecule has 0 heterocycles. The van der Waals surface area contributed by atoms with Crippen molar-refractivity contribution in [1.82, 2.24) is 10.2 Å². The van der Waals surface area contributed by atoms with Crippen LogP contribution in [-0.2, 0) is 0 Å². The van der Waals surface area contributed by atoms with Crippen LogP contribution in [0.25, 0.3) is 0 Å². The number of hydrogen-bond donors (Lipinski definition) is 1. The van der Waals surface area contributed by atoms with Gasteiger partial charge in [0, 0.05) is 12.1 Å². The Hall–Kier alpha value is -0.0800. The monoisotopic (exact) mass is 240 g/mol. The van der Waals surface area contributed by atoms with Gasteiger partial charge in [0.25, 0.3) is 0 Å². The molecule has 1 aliphatic rings. The largest absolute Gasteiger partial charge is 0.317 e. The molecule has 1 aliphatic carbocycles. The van der Waals surface area contributed by atoms with Gasteiger partial charge in [0.15, 0.2) is 0 Å². The molecule has 0 aromatic carbocycles. The van der Waals surface area contributed by atoms with Crippen LogP contribution in [0.1, 0.15) is 58.8 Å². The topological polar surface area (TPSA) is 15.3 Å². The molecule has 3 atom stereocenters. The molecular formula is C15H32N2. The fourth-order valence-corrected chi connectivity index (χ4v) is 3.12. The van der Waals surface area contributed by atoms with E-state index in [1.165, 1.54) is 51.5 Å². The minimum absolute atomic E-state index is 0.716. The molecular weight excluding hydrogens is 208 g/mol. The third-order valence-corrected chi connectivity index (χ3v) is 4.50. The van der Waals surface area contributed by atoms with Gasteiger partial charge in [-0.15, -0.1) is 0 Å². The molecule has 1 fully saturated rings. The maximum absolute atomic E-state index is 3.39. The lowest BCUT2D eigenvalue weighted by atomic mass is 9.86. The zero-order valence-corrected chi connectivity index (χ0v) is 12.3. The predicted octanol–water partition coefficient (Wildman–Crippen LogP) is 3.28. The predicted molar refractivity (Wildman–Crippen MR) is 76.4 cm³/mol. The van der Waals surface area contributed by atoms with Gasteiger partial charge in [-0.05, 0) is 58.7 Å². The van der Waals surface area contributed by atoms with Crippen molar-refractivity contribution in [3.63, 3.8) is 0 Å². The molecule has 0 radical (unpaired) electrons. The molecule has 0 amide bonds. The quantitative estimate of drug-likeness (QED) is 0.735. The molecule has 0 bridgehead atoms. The Labute approximate surface area is 108 Å². The van der Waals surface area contributed by atoms with E-state index in [0.29, 0.717) is 6.04 Å². The summed E-state index contributed by atoms with van der Waals surface area (Å²) in [6.07, 6.45) is 9.62. The van der Waals surface area contributed by atoms with E-state index in [1.54, 1.807) is 0 Å². The second-order valence-corrected chi connectivity index (χ2v) is 5.94. The van der Waals surface area contributed by atoms with Gasteiger partial charge in [-0.3, -0.25) is 0 Å². The Morgan fingerprint density at radius 2 is 2.12 bits per heavy atom. The molecule has 0 spiro atoms. The minimum atomic E-state index is 0.716. The van der Waals surface area contributed by atoms with E-state index in [9.17, 15) is 0 Å². The van der Waals surface area contributed by atoms with Crippen molar-refractivity contribution >= 4 is 0 Å². The van der Waals surface area contributed by atoms with Gasteiger partial charge in [-0.2, -0.15) is 0 Å². The van der Waals surface area contributed by atoms with E-state index < -0.39 is 0 Å². The molecule has 1 saturated carbocycles. The summed E-state index contributed by atoms with van der Waals surface area (Å²) in [6, 6.07) is 1.57. The summed E-state index contributed by atoms with van der Waals surface area (Å²) >= 11 is 0. The summed E-state index contributed by atoms with van der Waals surface area (Å²) in [5, 5.41) is 3.39. The number of hydrogen-bond acceptors (Lipinski definition) is 2. The Morgan fingerprint density at radius 1 is 1.35 bits per heavy atom. The molecule has 0 aromatic rings. The lowest BCUT2D eigenvalue weighted by Crippen LogP contribution is -2.36. The Kier molecular flexibility index (Phi) is 7.14. The van der Waals surface area contributed by atoms with Crippen LogP contribution >= 0.6 is 0 Å². The van der Waals surface area contributed by atoms with Gasteiger partial charge in [-0.25, -0.2) is 0 Å². The average Bonchev–Trinajstić information content (AvgIpc) is 2.34. The van der Waals surface area contributed by atoms with Crippen LogP contribution in [0.2, 0.25) is 0 Å².